The zero-order valence-electron chi connectivity index (χ0n) is 16.2. The van der Waals surface area contributed by atoms with E-state index in [-0.39, 0.29) is 17.0 Å². The summed E-state index contributed by atoms with van der Waals surface area (Å²) < 4.78 is 5.40. The Kier molecular flexibility index (Phi) is 6.74. The van der Waals surface area contributed by atoms with Crippen LogP contribution in [0.15, 0.2) is 71.8 Å². The van der Waals surface area contributed by atoms with Crippen LogP contribution in [0.3, 0.4) is 0 Å². The van der Waals surface area contributed by atoms with Gasteiger partial charge >= 0.3 is 5.97 Å². The lowest BCUT2D eigenvalue weighted by Gasteiger charge is -2.08. The topological polar surface area (TPSA) is 111 Å². The molecule has 0 unspecified atom stereocenters. The first-order valence-corrected chi connectivity index (χ1v) is 9.37. The van der Waals surface area contributed by atoms with Crippen molar-refractivity contribution in [2.24, 2.45) is 5.10 Å². The Balaban J connectivity index is 1.81. The molecule has 0 saturated carbocycles. The summed E-state index contributed by atoms with van der Waals surface area (Å²) in [5, 5.41) is 15.4. The number of aryl methyl sites for hydroxylation is 1. The molecular weight excluding hydrogens is 422 g/mol. The van der Waals surface area contributed by atoms with E-state index in [0.717, 1.165) is 5.56 Å². The maximum atomic E-state index is 12.5. The molecule has 9 heteroatoms. The second kappa shape index (κ2) is 9.64. The van der Waals surface area contributed by atoms with Gasteiger partial charge in [-0.15, -0.1) is 0 Å². The van der Waals surface area contributed by atoms with Crippen molar-refractivity contribution < 1.29 is 19.2 Å². The molecule has 0 aromatic heterocycles. The number of carbonyl (C=O) groups excluding carboxylic acids is 2. The van der Waals surface area contributed by atoms with Gasteiger partial charge in [0.05, 0.1) is 16.7 Å². The Morgan fingerprint density at radius 1 is 1.06 bits per heavy atom. The largest absolute Gasteiger partial charge is 0.422 e. The molecule has 31 heavy (non-hydrogen) atoms. The van der Waals surface area contributed by atoms with Crippen molar-refractivity contribution in [1.82, 2.24) is 5.43 Å². The van der Waals surface area contributed by atoms with Gasteiger partial charge in [-0.3, -0.25) is 14.9 Å². The van der Waals surface area contributed by atoms with E-state index in [1.54, 1.807) is 30.3 Å². The second-order valence-corrected chi connectivity index (χ2v) is 6.88. The van der Waals surface area contributed by atoms with Crippen LogP contribution in [-0.2, 0) is 0 Å². The third kappa shape index (κ3) is 5.74. The molecule has 0 saturated heterocycles. The van der Waals surface area contributed by atoms with E-state index in [1.165, 1.54) is 36.5 Å². The minimum absolute atomic E-state index is 0.0570. The maximum absolute atomic E-state index is 12.5. The minimum Gasteiger partial charge on any atom is -0.422 e. The Labute approximate surface area is 182 Å². The molecule has 0 heterocycles. The second-order valence-electron chi connectivity index (χ2n) is 6.44. The van der Waals surface area contributed by atoms with Crippen molar-refractivity contribution in [3.8, 4) is 5.75 Å². The third-order valence-electron chi connectivity index (χ3n) is 4.14. The highest BCUT2D eigenvalue weighted by molar-refractivity contribution is 6.30. The number of nitro groups is 1. The summed E-state index contributed by atoms with van der Waals surface area (Å²) in [6, 6.07) is 16.7. The van der Waals surface area contributed by atoms with Gasteiger partial charge in [-0.05, 0) is 49.4 Å². The van der Waals surface area contributed by atoms with E-state index < -0.39 is 16.8 Å². The van der Waals surface area contributed by atoms with E-state index >= 15 is 0 Å². The van der Waals surface area contributed by atoms with Crippen molar-refractivity contribution in [3.05, 3.63) is 104 Å². The quantitative estimate of drug-likeness (QED) is 0.200. The number of hydrazone groups is 1. The van der Waals surface area contributed by atoms with Crippen molar-refractivity contribution in [2.75, 3.05) is 0 Å². The van der Waals surface area contributed by atoms with Gasteiger partial charge < -0.3 is 4.74 Å². The number of amides is 1. The molecule has 3 aromatic rings. The predicted octanol–water partition coefficient (Wildman–Crippen LogP) is 4.54. The Morgan fingerprint density at radius 2 is 1.81 bits per heavy atom. The number of carbonyl (C=O) groups is 2. The average Bonchev–Trinajstić information content (AvgIpc) is 2.75. The molecule has 0 aliphatic heterocycles. The van der Waals surface area contributed by atoms with Crippen LogP contribution >= 0.6 is 11.6 Å². The summed E-state index contributed by atoms with van der Waals surface area (Å²) in [4.78, 5) is 35.1. The van der Waals surface area contributed by atoms with Crippen LogP contribution in [0.4, 0.5) is 5.69 Å². The number of benzene rings is 3. The molecule has 3 rings (SSSR count). The number of nitrogens with zero attached hydrogens (tertiary/aromatic N) is 2. The van der Waals surface area contributed by atoms with Gasteiger partial charge in [0.25, 0.3) is 11.6 Å². The van der Waals surface area contributed by atoms with E-state index in [0.29, 0.717) is 16.1 Å². The van der Waals surface area contributed by atoms with Gasteiger partial charge in [0.1, 0.15) is 5.75 Å². The molecular formula is C22H16ClN3O5. The molecule has 0 aliphatic carbocycles. The number of esters is 1. The van der Waals surface area contributed by atoms with Gasteiger partial charge in [-0.1, -0.05) is 29.3 Å². The van der Waals surface area contributed by atoms with Crippen LogP contribution in [0.2, 0.25) is 5.02 Å². The van der Waals surface area contributed by atoms with Crippen molar-refractivity contribution in [2.45, 2.75) is 6.92 Å². The third-order valence-corrected chi connectivity index (χ3v) is 4.39. The molecule has 0 atom stereocenters. The lowest BCUT2D eigenvalue weighted by Crippen LogP contribution is -2.17. The number of nitrogens with one attached hydrogen (secondary N) is 1. The number of rotatable bonds is 6. The number of ether oxygens (including phenoxy) is 1. The zero-order chi connectivity index (χ0) is 22.4. The summed E-state index contributed by atoms with van der Waals surface area (Å²) >= 11 is 5.80. The number of nitro benzene ring substituents is 1. The van der Waals surface area contributed by atoms with Crippen LogP contribution in [0, 0.1) is 17.0 Å². The van der Waals surface area contributed by atoms with Crippen LogP contribution in [0.1, 0.15) is 31.8 Å². The van der Waals surface area contributed by atoms with Gasteiger partial charge in [-0.25, -0.2) is 10.2 Å². The van der Waals surface area contributed by atoms with E-state index in [9.17, 15) is 19.7 Å². The highest BCUT2D eigenvalue weighted by Crippen LogP contribution is 2.24. The highest BCUT2D eigenvalue weighted by atomic mass is 35.5. The molecule has 156 valence electrons. The van der Waals surface area contributed by atoms with Gasteiger partial charge in [0, 0.05) is 28.3 Å². The van der Waals surface area contributed by atoms with Crippen molar-refractivity contribution >= 4 is 35.4 Å². The molecule has 8 nitrogen and oxygen atoms in total. The fourth-order valence-electron chi connectivity index (χ4n) is 2.60. The fourth-order valence-corrected chi connectivity index (χ4v) is 2.73. The molecule has 1 N–H and O–H groups in total. The number of halogens is 1. The highest BCUT2D eigenvalue weighted by Gasteiger charge is 2.15. The Hall–Kier alpha value is -4.04. The summed E-state index contributed by atoms with van der Waals surface area (Å²) in [5.41, 5.74) is 3.77. The minimum atomic E-state index is -0.627. The van der Waals surface area contributed by atoms with Gasteiger partial charge in [-0.2, -0.15) is 5.10 Å². The molecule has 0 spiro atoms. The van der Waals surface area contributed by atoms with Crippen LogP contribution in [-0.4, -0.2) is 23.0 Å². The normalized spacial score (nSPS) is 10.6. The van der Waals surface area contributed by atoms with Crippen LogP contribution < -0.4 is 10.2 Å². The molecule has 3 aromatic carbocycles. The lowest BCUT2D eigenvalue weighted by atomic mass is 10.1. The van der Waals surface area contributed by atoms with Crippen molar-refractivity contribution in [3.63, 3.8) is 0 Å². The molecule has 0 fully saturated rings. The number of hydrogen-bond donors (Lipinski definition) is 1. The van der Waals surface area contributed by atoms with Gasteiger partial charge in [0.15, 0.2) is 0 Å². The van der Waals surface area contributed by atoms with Crippen LogP contribution in [0.25, 0.3) is 0 Å². The standard InChI is InChI=1S/C22H16ClN3O5/c1-14-3-2-4-16(11-14)22(28)31-20-10-9-19(26(29)30)12-17(20)13-24-25-21(27)15-5-7-18(23)8-6-15/h2-13H,1H3,(H,25,27)/b24-13+. The summed E-state index contributed by atoms with van der Waals surface area (Å²) in [7, 11) is 0. The van der Waals surface area contributed by atoms with Gasteiger partial charge in [0.2, 0.25) is 0 Å². The molecule has 0 radical (unpaired) electrons. The van der Waals surface area contributed by atoms with E-state index in [2.05, 4.69) is 10.5 Å². The average molecular weight is 438 g/mol. The first-order chi connectivity index (χ1) is 14.8. The number of non-ortho nitro benzene ring substituents is 1. The first-order valence-electron chi connectivity index (χ1n) is 9.00. The van der Waals surface area contributed by atoms with E-state index in [1.807, 2.05) is 13.0 Å². The SMILES string of the molecule is Cc1cccc(C(=O)Oc2ccc([N+](=O)[O-])cc2/C=N/NC(=O)c2ccc(Cl)cc2)c1. The monoisotopic (exact) mass is 437 g/mol. The van der Waals surface area contributed by atoms with E-state index in [4.69, 9.17) is 16.3 Å². The summed E-state index contributed by atoms with van der Waals surface area (Å²) in [6.45, 7) is 1.84. The maximum Gasteiger partial charge on any atom is 0.343 e. The number of hydrogen-bond acceptors (Lipinski definition) is 6. The smallest absolute Gasteiger partial charge is 0.343 e. The molecule has 0 bridgehead atoms. The lowest BCUT2D eigenvalue weighted by molar-refractivity contribution is -0.384. The Morgan fingerprint density at radius 3 is 2.48 bits per heavy atom. The van der Waals surface area contributed by atoms with Crippen molar-refractivity contribution in [1.29, 1.82) is 0 Å². The Bertz CT molecular complexity index is 1180. The predicted molar refractivity (Wildman–Crippen MR) is 116 cm³/mol. The molecule has 0 aliphatic rings. The summed E-state index contributed by atoms with van der Waals surface area (Å²) in [6.07, 6.45) is 1.17. The first kappa shape index (κ1) is 21.7. The van der Waals surface area contributed by atoms with Crippen LogP contribution in [0.5, 0.6) is 5.75 Å². The zero-order valence-corrected chi connectivity index (χ0v) is 17.0. The molecule has 1 amide bonds. The fraction of sp³-hybridized carbons (Fsp3) is 0.0455. The summed E-state index contributed by atoms with van der Waals surface area (Å²) in [5.74, 6) is -1.07.